The first-order valence-electron chi connectivity index (χ1n) is 6.94. The Hall–Kier alpha value is -2.18. The third-order valence-corrected chi connectivity index (χ3v) is 4.61. The SMILES string of the molecule is O=C(O)c1ccc(C(=O)N2CCOC(c3ccccc3)C2)s1. The molecule has 1 saturated heterocycles. The molecule has 6 heteroatoms. The van der Waals surface area contributed by atoms with E-state index < -0.39 is 5.97 Å². The molecule has 5 nitrogen and oxygen atoms in total. The fourth-order valence-corrected chi connectivity index (χ4v) is 3.24. The fraction of sp³-hybridized carbons (Fsp3) is 0.250. The van der Waals surface area contributed by atoms with E-state index in [1.165, 1.54) is 6.07 Å². The molecule has 1 N–H and O–H groups in total. The van der Waals surface area contributed by atoms with Crippen LogP contribution in [0.2, 0.25) is 0 Å². The minimum absolute atomic E-state index is 0.137. The number of carboxylic acids is 1. The summed E-state index contributed by atoms with van der Waals surface area (Å²) in [6.45, 7) is 1.47. The van der Waals surface area contributed by atoms with Crippen LogP contribution < -0.4 is 0 Å². The molecular weight excluding hydrogens is 302 g/mol. The summed E-state index contributed by atoms with van der Waals surface area (Å²) >= 11 is 1.01. The average molecular weight is 317 g/mol. The Morgan fingerprint density at radius 2 is 1.86 bits per heavy atom. The summed E-state index contributed by atoms with van der Waals surface area (Å²) in [4.78, 5) is 25.8. The lowest BCUT2D eigenvalue weighted by Gasteiger charge is -2.33. The standard InChI is InChI=1S/C16H15NO4S/c18-15(13-6-7-14(22-13)16(19)20)17-8-9-21-12(10-17)11-4-2-1-3-5-11/h1-7,12H,8-10H2,(H,19,20). The quantitative estimate of drug-likeness (QED) is 0.945. The lowest BCUT2D eigenvalue weighted by molar-refractivity contribution is -0.0226. The molecule has 114 valence electrons. The Labute approximate surface area is 131 Å². The van der Waals surface area contributed by atoms with Crippen molar-refractivity contribution in [2.75, 3.05) is 19.7 Å². The van der Waals surface area contributed by atoms with Gasteiger partial charge < -0.3 is 14.7 Å². The smallest absolute Gasteiger partial charge is 0.345 e. The van der Waals surface area contributed by atoms with E-state index in [1.807, 2.05) is 30.3 Å². The van der Waals surface area contributed by atoms with E-state index in [2.05, 4.69) is 0 Å². The summed E-state index contributed by atoms with van der Waals surface area (Å²) in [5.41, 5.74) is 1.04. The van der Waals surface area contributed by atoms with Crippen LogP contribution in [0.4, 0.5) is 0 Å². The zero-order valence-corrected chi connectivity index (χ0v) is 12.6. The van der Waals surface area contributed by atoms with Gasteiger partial charge in [-0.2, -0.15) is 0 Å². The number of carbonyl (C=O) groups excluding carboxylic acids is 1. The number of hydrogen-bond donors (Lipinski definition) is 1. The number of morpholine rings is 1. The normalized spacial score (nSPS) is 18.2. The third-order valence-electron chi connectivity index (χ3n) is 3.55. The molecule has 1 aliphatic rings. The molecule has 1 aromatic carbocycles. The van der Waals surface area contributed by atoms with Crippen molar-refractivity contribution in [3.8, 4) is 0 Å². The Morgan fingerprint density at radius 1 is 1.14 bits per heavy atom. The van der Waals surface area contributed by atoms with E-state index in [0.717, 1.165) is 16.9 Å². The van der Waals surface area contributed by atoms with Crippen molar-refractivity contribution in [3.63, 3.8) is 0 Å². The van der Waals surface area contributed by atoms with Crippen molar-refractivity contribution in [1.82, 2.24) is 4.90 Å². The number of amides is 1. The molecule has 1 aliphatic heterocycles. The molecule has 1 atom stereocenters. The highest BCUT2D eigenvalue weighted by atomic mass is 32.1. The molecule has 22 heavy (non-hydrogen) atoms. The summed E-state index contributed by atoms with van der Waals surface area (Å²) in [6.07, 6.45) is -0.141. The highest BCUT2D eigenvalue weighted by Gasteiger charge is 2.27. The van der Waals surface area contributed by atoms with Crippen LogP contribution in [-0.4, -0.2) is 41.6 Å². The Balaban J connectivity index is 1.73. The number of thiophene rings is 1. The first kappa shape index (κ1) is 14.7. The van der Waals surface area contributed by atoms with Crippen molar-refractivity contribution < 1.29 is 19.4 Å². The monoisotopic (exact) mass is 317 g/mol. The number of nitrogens with zero attached hydrogens (tertiary/aromatic N) is 1. The second kappa shape index (κ2) is 6.29. The van der Waals surface area contributed by atoms with Gasteiger partial charge in [-0.3, -0.25) is 4.79 Å². The lowest BCUT2D eigenvalue weighted by Crippen LogP contribution is -2.42. The second-order valence-corrected chi connectivity index (χ2v) is 6.07. The molecule has 2 heterocycles. The minimum Gasteiger partial charge on any atom is -0.477 e. The molecule has 3 rings (SSSR count). The molecule has 1 unspecified atom stereocenters. The van der Waals surface area contributed by atoms with Crippen LogP contribution in [0.25, 0.3) is 0 Å². The van der Waals surface area contributed by atoms with Crippen LogP contribution in [0.15, 0.2) is 42.5 Å². The van der Waals surface area contributed by atoms with Gasteiger partial charge in [0.05, 0.1) is 18.0 Å². The number of carboxylic acid groups (broad SMARTS) is 1. The summed E-state index contributed by atoms with van der Waals surface area (Å²) in [7, 11) is 0. The number of aromatic carboxylic acids is 1. The minimum atomic E-state index is -1.01. The van der Waals surface area contributed by atoms with Gasteiger partial charge in [-0.05, 0) is 17.7 Å². The molecule has 0 radical (unpaired) electrons. The molecule has 0 bridgehead atoms. The molecule has 0 saturated carbocycles. The van der Waals surface area contributed by atoms with Crippen LogP contribution in [0.1, 0.15) is 31.0 Å². The van der Waals surface area contributed by atoms with Gasteiger partial charge in [0.1, 0.15) is 11.0 Å². The number of rotatable bonds is 3. The molecule has 0 aliphatic carbocycles. The van der Waals surface area contributed by atoms with E-state index in [1.54, 1.807) is 11.0 Å². The largest absolute Gasteiger partial charge is 0.477 e. The molecule has 2 aromatic rings. The number of ether oxygens (including phenoxy) is 1. The van der Waals surface area contributed by atoms with E-state index in [0.29, 0.717) is 24.6 Å². The van der Waals surface area contributed by atoms with E-state index >= 15 is 0 Å². The third kappa shape index (κ3) is 3.03. The van der Waals surface area contributed by atoms with Crippen LogP contribution in [0.5, 0.6) is 0 Å². The number of hydrogen-bond acceptors (Lipinski definition) is 4. The molecule has 1 amide bonds. The molecule has 1 fully saturated rings. The highest BCUT2D eigenvalue weighted by Crippen LogP contribution is 2.25. The second-order valence-electron chi connectivity index (χ2n) is 4.99. The zero-order valence-electron chi connectivity index (χ0n) is 11.8. The van der Waals surface area contributed by atoms with E-state index in [4.69, 9.17) is 9.84 Å². The van der Waals surface area contributed by atoms with Crippen LogP contribution in [0.3, 0.4) is 0 Å². The predicted molar refractivity (Wildman–Crippen MR) is 82.3 cm³/mol. The van der Waals surface area contributed by atoms with Crippen molar-refractivity contribution in [2.24, 2.45) is 0 Å². The van der Waals surface area contributed by atoms with Gasteiger partial charge in [-0.15, -0.1) is 11.3 Å². The van der Waals surface area contributed by atoms with Gasteiger partial charge in [-0.1, -0.05) is 30.3 Å². The molecule has 1 aromatic heterocycles. The Kier molecular flexibility index (Phi) is 4.22. The maximum Gasteiger partial charge on any atom is 0.345 e. The molecule has 0 spiro atoms. The van der Waals surface area contributed by atoms with Gasteiger partial charge in [-0.25, -0.2) is 4.79 Å². The lowest BCUT2D eigenvalue weighted by atomic mass is 10.1. The Morgan fingerprint density at radius 3 is 2.55 bits per heavy atom. The summed E-state index contributed by atoms with van der Waals surface area (Å²) in [6, 6.07) is 12.8. The van der Waals surface area contributed by atoms with Gasteiger partial charge >= 0.3 is 5.97 Å². The van der Waals surface area contributed by atoms with Gasteiger partial charge in [0.2, 0.25) is 0 Å². The Bertz CT molecular complexity index is 682. The fourth-order valence-electron chi connectivity index (χ4n) is 2.43. The maximum absolute atomic E-state index is 12.5. The predicted octanol–water partition coefficient (Wildman–Crippen LogP) is 2.66. The topological polar surface area (TPSA) is 66.8 Å². The number of carbonyl (C=O) groups is 2. The summed E-state index contributed by atoms with van der Waals surface area (Å²) < 4.78 is 5.74. The first-order valence-corrected chi connectivity index (χ1v) is 7.76. The van der Waals surface area contributed by atoms with Crippen LogP contribution in [-0.2, 0) is 4.74 Å². The maximum atomic E-state index is 12.5. The zero-order chi connectivity index (χ0) is 15.5. The average Bonchev–Trinajstić information content (AvgIpc) is 3.05. The number of benzene rings is 1. The highest BCUT2D eigenvalue weighted by molar-refractivity contribution is 7.15. The van der Waals surface area contributed by atoms with Gasteiger partial charge in [0.25, 0.3) is 5.91 Å². The van der Waals surface area contributed by atoms with Crippen LogP contribution in [0, 0.1) is 0 Å². The summed E-state index contributed by atoms with van der Waals surface area (Å²) in [5, 5.41) is 8.95. The van der Waals surface area contributed by atoms with E-state index in [-0.39, 0.29) is 16.9 Å². The van der Waals surface area contributed by atoms with Gasteiger partial charge in [0.15, 0.2) is 0 Å². The van der Waals surface area contributed by atoms with Crippen molar-refractivity contribution in [3.05, 3.63) is 57.8 Å². The molecular formula is C16H15NO4S. The van der Waals surface area contributed by atoms with Crippen molar-refractivity contribution in [2.45, 2.75) is 6.10 Å². The van der Waals surface area contributed by atoms with Crippen LogP contribution >= 0.6 is 11.3 Å². The summed E-state index contributed by atoms with van der Waals surface area (Å²) in [5.74, 6) is -1.14. The van der Waals surface area contributed by atoms with Crippen molar-refractivity contribution >= 4 is 23.2 Å². The first-order chi connectivity index (χ1) is 10.6. The van der Waals surface area contributed by atoms with Gasteiger partial charge in [0, 0.05) is 6.54 Å². The van der Waals surface area contributed by atoms with E-state index in [9.17, 15) is 9.59 Å². The van der Waals surface area contributed by atoms with Crippen molar-refractivity contribution in [1.29, 1.82) is 0 Å².